The van der Waals surface area contributed by atoms with E-state index in [4.69, 9.17) is 9.84 Å². The van der Waals surface area contributed by atoms with E-state index in [2.05, 4.69) is 38.5 Å². The smallest absolute Gasteiger partial charge is 0.253 e. The molecule has 0 bridgehead atoms. The van der Waals surface area contributed by atoms with Crippen LogP contribution in [-0.2, 0) is 11.3 Å². The van der Waals surface area contributed by atoms with E-state index in [-0.39, 0.29) is 11.9 Å². The van der Waals surface area contributed by atoms with Crippen molar-refractivity contribution in [1.82, 2.24) is 20.1 Å². The van der Waals surface area contributed by atoms with Crippen molar-refractivity contribution in [1.29, 1.82) is 0 Å². The van der Waals surface area contributed by atoms with Gasteiger partial charge in [0.2, 0.25) is 0 Å². The molecule has 0 spiro atoms. The van der Waals surface area contributed by atoms with E-state index in [0.29, 0.717) is 18.2 Å². The van der Waals surface area contributed by atoms with Crippen LogP contribution in [0.15, 0.2) is 41.0 Å². The second-order valence-corrected chi connectivity index (χ2v) is 8.69. The maximum atomic E-state index is 13.1. The van der Waals surface area contributed by atoms with E-state index in [9.17, 15) is 4.79 Å². The average Bonchev–Trinajstić information content (AvgIpc) is 3.15. The van der Waals surface area contributed by atoms with Gasteiger partial charge in [0.05, 0.1) is 17.0 Å². The fraction of sp³-hybridized carbons (Fsp3) is 0.435. The van der Waals surface area contributed by atoms with Crippen molar-refractivity contribution in [2.24, 2.45) is 0 Å². The van der Waals surface area contributed by atoms with Crippen LogP contribution in [0.5, 0.6) is 0 Å². The van der Waals surface area contributed by atoms with Crippen molar-refractivity contribution in [3.8, 4) is 0 Å². The Bertz CT molecular complexity index is 1040. The third kappa shape index (κ3) is 4.91. The molecule has 0 saturated carbocycles. The third-order valence-electron chi connectivity index (χ3n) is 5.70. The molecule has 0 aliphatic carbocycles. The van der Waals surface area contributed by atoms with Crippen molar-refractivity contribution < 1.29 is 9.53 Å². The minimum atomic E-state index is -0.134. The number of hydrogen-bond acceptors (Lipinski definition) is 5. The van der Waals surface area contributed by atoms with E-state index >= 15 is 0 Å². The molecular formula is C23H28BrN5O2. The summed E-state index contributed by atoms with van der Waals surface area (Å²) in [5.74, 6) is 0.649. The number of rotatable bonds is 7. The zero-order chi connectivity index (χ0) is 21.8. The summed E-state index contributed by atoms with van der Waals surface area (Å²) >= 11 is 3.46. The van der Waals surface area contributed by atoms with Crippen LogP contribution in [0.25, 0.3) is 11.0 Å². The lowest BCUT2D eigenvalue weighted by atomic mass is 10.0. The summed E-state index contributed by atoms with van der Waals surface area (Å²) in [5.41, 5.74) is 2.40. The van der Waals surface area contributed by atoms with Crippen LogP contribution in [0.2, 0.25) is 0 Å². The Hall–Kier alpha value is -2.45. The van der Waals surface area contributed by atoms with E-state index in [0.717, 1.165) is 59.4 Å². The number of nitrogens with zero attached hydrogens (tertiary/aromatic N) is 3. The molecule has 3 aromatic rings. The molecule has 1 aliphatic heterocycles. The normalized spacial score (nSPS) is 15.7. The van der Waals surface area contributed by atoms with Crippen molar-refractivity contribution in [2.45, 2.75) is 51.7 Å². The quantitative estimate of drug-likeness (QED) is 0.507. The fourth-order valence-corrected chi connectivity index (χ4v) is 4.17. The van der Waals surface area contributed by atoms with E-state index in [1.165, 1.54) is 0 Å². The number of ether oxygens (including phenoxy) is 1. The molecular weight excluding hydrogens is 458 g/mol. The van der Waals surface area contributed by atoms with Crippen molar-refractivity contribution in [2.75, 3.05) is 18.5 Å². The summed E-state index contributed by atoms with van der Waals surface area (Å²) in [6.07, 6.45) is 4.32. The van der Waals surface area contributed by atoms with Gasteiger partial charge in [-0.05, 0) is 49.9 Å². The van der Waals surface area contributed by atoms with Gasteiger partial charge in [-0.3, -0.25) is 4.79 Å². The Morgan fingerprint density at radius 2 is 2.00 bits per heavy atom. The molecule has 3 heterocycles. The predicted octanol–water partition coefficient (Wildman–Crippen LogP) is 4.69. The molecule has 1 atom stereocenters. The molecule has 1 fully saturated rings. The second-order valence-electron chi connectivity index (χ2n) is 7.78. The van der Waals surface area contributed by atoms with Gasteiger partial charge in [-0.2, -0.15) is 5.10 Å². The molecule has 31 heavy (non-hydrogen) atoms. The highest BCUT2D eigenvalue weighted by atomic mass is 79.9. The van der Waals surface area contributed by atoms with E-state index < -0.39 is 0 Å². The van der Waals surface area contributed by atoms with Gasteiger partial charge < -0.3 is 15.4 Å². The molecule has 1 aliphatic rings. The molecule has 8 heteroatoms. The number of aromatic nitrogens is 3. The van der Waals surface area contributed by atoms with E-state index in [1.54, 1.807) is 6.20 Å². The number of nitrogens with one attached hydrogen (secondary N) is 2. The average molecular weight is 486 g/mol. The zero-order valence-electron chi connectivity index (χ0n) is 17.9. The third-order valence-corrected chi connectivity index (χ3v) is 6.23. The van der Waals surface area contributed by atoms with Crippen molar-refractivity contribution >= 4 is 38.7 Å². The summed E-state index contributed by atoms with van der Waals surface area (Å²) in [4.78, 5) is 17.6. The van der Waals surface area contributed by atoms with Crippen LogP contribution >= 0.6 is 15.9 Å². The van der Waals surface area contributed by atoms with Crippen LogP contribution in [0.3, 0.4) is 0 Å². The van der Waals surface area contributed by atoms with Gasteiger partial charge in [-0.15, -0.1) is 0 Å². The number of anilines is 1. The van der Waals surface area contributed by atoms with Gasteiger partial charge in [0.15, 0.2) is 11.5 Å². The molecule has 0 radical (unpaired) electrons. The highest BCUT2D eigenvalue weighted by Crippen LogP contribution is 2.26. The summed E-state index contributed by atoms with van der Waals surface area (Å²) in [6.45, 7) is 6.33. The van der Waals surface area contributed by atoms with Crippen LogP contribution in [0.1, 0.15) is 55.1 Å². The van der Waals surface area contributed by atoms with E-state index in [1.807, 2.05) is 41.9 Å². The first-order valence-corrected chi connectivity index (χ1v) is 11.7. The summed E-state index contributed by atoms with van der Waals surface area (Å²) in [6, 6.07) is 10.2. The number of benzene rings is 1. The molecule has 1 unspecified atom stereocenters. The maximum absolute atomic E-state index is 13.1. The summed E-state index contributed by atoms with van der Waals surface area (Å²) in [7, 11) is 0. The number of pyridine rings is 1. The summed E-state index contributed by atoms with van der Waals surface area (Å²) < 4.78 is 8.35. The predicted molar refractivity (Wildman–Crippen MR) is 125 cm³/mol. The maximum Gasteiger partial charge on any atom is 0.253 e. The lowest BCUT2D eigenvalue weighted by Gasteiger charge is -2.23. The minimum Gasteiger partial charge on any atom is -0.381 e. The Labute approximate surface area is 190 Å². The molecule has 1 aromatic carbocycles. The molecule has 1 amide bonds. The molecule has 164 valence electrons. The Morgan fingerprint density at radius 3 is 2.68 bits per heavy atom. The van der Waals surface area contributed by atoms with Gasteiger partial charge >= 0.3 is 0 Å². The SMILES string of the molecule is CCC(NC(=O)c1cnc2c(c1)c(NC1CCOCC1)nn2CC)c1ccc(Br)cc1. The number of carbonyl (C=O) groups excluding carboxylic acids is 1. The Balaban J connectivity index is 1.58. The number of hydrogen-bond donors (Lipinski definition) is 2. The second kappa shape index (κ2) is 9.78. The molecule has 1 saturated heterocycles. The highest BCUT2D eigenvalue weighted by Gasteiger charge is 2.20. The van der Waals surface area contributed by atoms with Gasteiger partial charge in [-0.1, -0.05) is 35.0 Å². The lowest BCUT2D eigenvalue weighted by molar-refractivity contribution is 0.0904. The van der Waals surface area contributed by atoms with Crippen molar-refractivity contribution in [3.05, 3.63) is 52.1 Å². The molecule has 4 rings (SSSR count). The minimum absolute atomic E-state index is 0.0607. The lowest BCUT2D eigenvalue weighted by Crippen LogP contribution is -2.28. The number of amides is 1. The van der Waals surface area contributed by atoms with Gasteiger partial charge in [0.25, 0.3) is 5.91 Å². The van der Waals surface area contributed by atoms with Crippen LogP contribution in [0.4, 0.5) is 5.82 Å². The fourth-order valence-electron chi connectivity index (χ4n) is 3.90. The molecule has 7 nitrogen and oxygen atoms in total. The van der Waals surface area contributed by atoms with Gasteiger partial charge in [0.1, 0.15) is 0 Å². The van der Waals surface area contributed by atoms with Crippen LogP contribution in [0, 0.1) is 0 Å². The molecule has 2 N–H and O–H groups in total. The van der Waals surface area contributed by atoms with Crippen LogP contribution in [-0.4, -0.2) is 39.9 Å². The zero-order valence-corrected chi connectivity index (χ0v) is 19.5. The standard InChI is InChI=1S/C23H28BrN5O2/c1-3-20(15-5-7-17(24)8-6-15)27-23(30)16-13-19-21(26-18-9-11-31-12-10-18)28-29(4-2)22(19)25-14-16/h5-8,13-14,18,20H,3-4,9-12H2,1-2H3,(H,26,28)(H,27,30). The van der Waals surface area contributed by atoms with Crippen molar-refractivity contribution in [3.63, 3.8) is 0 Å². The summed E-state index contributed by atoms with van der Waals surface area (Å²) in [5, 5.41) is 12.3. The topological polar surface area (TPSA) is 81.1 Å². The number of halogens is 1. The number of fused-ring (bicyclic) bond motifs is 1. The Kier molecular flexibility index (Phi) is 6.87. The number of aryl methyl sites for hydroxylation is 1. The first-order chi connectivity index (χ1) is 15.1. The van der Waals surface area contributed by atoms with Crippen LogP contribution < -0.4 is 10.6 Å². The largest absolute Gasteiger partial charge is 0.381 e. The molecule has 2 aromatic heterocycles. The highest BCUT2D eigenvalue weighted by molar-refractivity contribution is 9.10. The first-order valence-electron chi connectivity index (χ1n) is 10.9. The van der Waals surface area contributed by atoms with Gasteiger partial charge in [0, 0.05) is 36.5 Å². The first kappa shape index (κ1) is 21.8. The Morgan fingerprint density at radius 1 is 1.26 bits per heavy atom. The van der Waals surface area contributed by atoms with Gasteiger partial charge in [-0.25, -0.2) is 9.67 Å². The monoisotopic (exact) mass is 485 g/mol. The number of carbonyl (C=O) groups is 1.